The van der Waals surface area contributed by atoms with Gasteiger partial charge in [0, 0.05) is 30.8 Å². The van der Waals surface area contributed by atoms with E-state index in [1.54, 1.807) is 9.80 Å². The third kappa shape index (κ3) is 7.98. The van der Waals surface area contributed by atoms with Crippen molar-refractivity contribution in [3.63, 3.8) is 0 Å². The Morgan fingerprint density at radius 3 is 1.23 bits per heavy atom. The third-order valence-corrected chi connectivity index (χ3v) is 5.52. The van der Waals surface area contributed by atoms with Gasteiger partial charge >= 0.3 is 0 Å². The highest BCUT2D eigenvalue weighted by Gasteiger charge is 2.26. The molecule has 0 aliphatic carbocycles. The Morgan fingerprint density at radius 2 is 0.968 bits per heavy atom. The predicted octanol–water partition coefficient (Wildman–Crippen LogP) is 1.97. The van der Waals surface area contributed by atoms with Crippen LogP contribution in [-0.2, 0) is 19.6 Å². The summed E-state index contributed by atoms with van der Waals surface area (Å²) < 4.78 is 0. The van der Waals surface area contributed by atoms with Crippen LogP contribution in [0.5, 0.6) is 5.75 Å². The van der Waals surface area contributed by atoms with E-state index in [2.05, 4.69) is 0 Å². The van der Waals surface area contributed by atoms with Gasteiger partial charge in [-0.25, -0.2) is 9.80 Å². The zero-order chi connectivity index (χ0) is 23.7. The van der Waals surface area contributed by atoms with Gasteiger partial charge in [-0.1, -0.05) is 27.7 Å². The van der Waals surface area contributed by atoms with Crippen molar-refractivity contribution in [1.82, 2.24) is 14.7 Å². The summed E-state index contributed by atoms with van der Waals surface area (Å²) in [6.45, 7) is 8.34. The molecule has 0 bridgehead atoms. The van der Waals surface area contributed by atoms with Gasteiger partial charge in [0.1, 0.15) is 30.7 Å². The third-order valence-electron chi connectivity index (χ3n) is 5.52. The Bertz CT molecular complexity index is 591. The summed E-state index contributed by atoms with van der Waals surface area (Å²) in [5.41, 5.74) is 2.14. The predicted molar refractivity (Wildman–Crippen MR) is 122 cm³/mol. The first-order valence-corrected chi connectivity index (χ1v) is 11.3. The molecule has 0 aliphatic heterocycles. The maximum absolute atomic E-state index is 11.1. The normalized spacial score (nSPS) is 16.2. The average Bonchev–Trinajstić information content (AvgIpc) is 2.75. The highest BCUT2D eigenvalue weighted by Crippen LogP contribution is 2.30. The van der Waals surface area contributed by atoms with Crippen molar-refractivity contribution < 1.29 is 25.5 Å². The first kappa shape index (κ1) is 27.8. The lowest BCUT2D eigenvalue weighted by Crippen LogP contribution is -2.42. The summed E-state index contributed by atoms with van der Waals surface area (Å²) in [5.74, 6) is 0.0516. The molecule has 0 aliphatic rings. The number of aliphatic hydroxyl groups excluding tert-OH is 4. The molecule has 1 aromatic rings. The van der Waals surface area contributed by atoms with E-state index in [0.717, 1.165) is 5.56 Å². The van der Waals surface area contributed by atoms with Gasteiger partial charge in [0.2, 0.25) is 0 Å². The molecule has 0 amide bonds. The van der Waals surface area contributed by atoms with Crippen molar-refractivity contribution >= 4 is 0 Å². The van der Waals surface area contributed by atoms with Crippen LogP contribution in [0.4, 0.5) is 0 Å². The molecule has 4 atom stereocenters. The SMILES string of the molecule is CCC(O)N(Cc1cc(CN(C)C)cc(CN(C(O)CC)C(O)CC)c1O)C(O)CC. The molecule has 0 saturated carbocycles. The van der Waals surface area contributed by atoms with Crippen LogP contribution in [0.2, 0.25) is 0 Å². The number of rotatable bonds is 14. The molecular formula is C23H43N3O5. The summed E-state index contributed by atoms with van der Waals surface area (Å²) in [5, 5.41) is 52.7. The van der Waals surface area contributed by atoms with Gasteiger partial charge in [-0.05, 0) is 57.5 Å². The smallest absolute Gasteiger partial charge is 0.124 e. The minimum atomic E-state index is -0.837. The van der Waals surface area contributed by atoms with E-state index in [1.807, 2.05) is 58.8 Å². The van der Waals surface area contributed by atoms with Crippen LogP contribution in [0, 0.1) is 0 Å². The molecule has 180 valence electrons. The van der Waals surface area contributed by atoms with Gasteiger partial charge in [-0.2, -0.15) is 0 Å². The number of phenols is 1. The van der Waals surface area contributed by atoms with Gasteiger partial charge in [0.15, 0.2) is 0 Å². The van der Waals surface area contributed by atoms with Crippen molar-refractivity contribution in [2.45, 2.75) is 97.9 Å². The lowest BCUT2D eigenvalue weighted by Gasteiger charge is -2.33. The molecule has 0 heterocycles. The molecule has 0 radical (unpaired) electrons. The van der Waals surface area contributed by atoms with E-state index in [4.69, 9.17) is 0 Å². The fraction of sp³-hybridized carbons (Fsp3) is 0.739. The van der Waals surface area contributed by atoms with Crippen molar-refractivity contribution in [3.8, 4) is 5.75 Å². The fourth-order valence-electron chi connectivity index (χ4n) is 3.68. The van der Waals surface area contributed by atoms with E-state index in [1.165, 1.54) is 0 Å². The number of aliphatic hydroxyl groups is 4. The molecular weight excluding hydrogens is 398 g/mol. The number of aromatic hydroxyl groups is 1. The maximum atomic E-state index is 11.1. The molecule has 5 N–H and O–H groups in total. The van der Waals surface area contributed by atoms with E-state index >= 15 is 0 Å². The van der Waals surface area contributed by atoms with Gasteiger partial charge < -0.3 is 30.4 Å². The highest BCUT2D eigenvalue weighted by atomic mass is 16.3. The highest BCUT2D eigenvalue weighted by molar-refractivity contribution is 5.44. The van der Waals surface area contributed by atoms with Crippen LogP contribution >= 0.6 is 0 Å². The number of benzene rings is 1. The molecule has 1 rings (SSSR count). The molecule has 1 aromatic carbocycles. The van der Waals surface area contributed by atoms with Crippen LogP contribution in [0.15, 0.2) is 12.1 Å². The molecule has 0 spiro atoms. The lowest BCUT2D eigenvalue weighted by molar-refractivity contribution is -0.110. The van der Waals surface area contributed by atoms with Gasteiger partial charge in [-0.3, -0.25) is 0 Å². The van der Waals surface area contributed by atoms with E-state index < -0.39 is 24.9 Å². The van der Waals surface area contributed by atoms with Gasteiger partial charge in [0.25, 0.3) is 0 Å². The van der Waals surface area contributed by atoms with Crippen molar-refractivity contribution in [2.24, 2.45) is 0 Å². The number of phenolic OH excluding ortho intramolecular Hbond substituents is 1. The van der Waals surface area contributed by atoms with E-state index in [-0.39, 0.29) is 18.8 Å². The first-order valence-electron chi connectivity index (χ1n) is 11.3. The van der Waals surface area contributed by atoms with Crippen LogP contribution in [0.1, 0.15) is 70.1 Å². The molecule has 4 unspecified atom stereocenters. The average molecular weight is 442 g/mol. The second-order valence-electron chi connectivity index (χ2n) is 8.40. The van der Waals surface area contributed by atoms with Crippen LogP contribution in [-0.4, -0.2) is 79.2 Å². The van der Waals surface area contributed by atoms with Crippen molar-refractivity contribution in [2.75, 3.05) is 14.1 Å². The number of hydrogen-bond acceptors (Lipinski definition) is 8. The topological polar surface area (TPSA) is 111 Å². The molecule has 8 heteroatoms. The Labute approximate surface area is 187 Å². The van der Waals surface area contributed by atoms with Gasteiger partial charge in [-0.15, -0.1) is 0 Å². The second-order valence-corrected chi connectivity index (χ2v) is 8.40. The zero-order valence-corrected chi connectivity index (χ0v) is 20.0. The van der Waals surface area contributed by atoms with Crippen molar-refractivity contribution in [3.05, 3.63) is 28.8 Å². The summed E-state index contributed by atoms with van der Waals surface area (Å²) in [6, 6.07) is 3.76. The molecule has 0 saturated heterocycles. The van der Waals surface area contributed by atoms with Crippen LogP contribution in [0.25, 0.3) is 0 Å². The molecule has 31 heavy (non-hydrogen) atoms. The number of hydrogen-bond donors (Lipinski definition) is 5. The molecule has 8 nitrogen and oxygen atoms in total. The second kappa shape index (κ2) is 13.3. The van der Waals surface area contributed by atoms with Crippen LogP contribution < -0.4 is 0 Å². The Morgan fingerprint density at radius 1 is 0.645 bits per heavy atom. The Hall–Kier alpha value is -1.26. The zero-order valence-electron chi connectivity index (χ0n) is 20.0. The maximum Gasteiger partial charge on any atom is 0.124 e. The molecule has 0 aromatic heterocycles. The van der Waals surface area contributed by atoms with Crippen LogP contribution in [0.3, 0.4) is 0 Å². The van der Waals surface area contributed by atoms with Crippen molar-refractivity contribution in [1.29, 1.82) is 0 Å². The number of nitrogens with zero attached hydrogens (tertiary/aromatic N) is 3. The summed E-state index contributed by atoms with van der Waals surface area (Å²) in [6.07, 6.45) is -1.57. The quantitative estimate of drug-likeness (QED) is 0.279. The largest absolute Gasteiger partial charge is 0.507 e. The van der Waals surface area contributed by atoms with E-state index in [0.29, 0.717) is 43.4 Å². The summed E-state index contributed by atoms with van der Waals surface area (Å²) >= 11 is 0. The summed E-state index contributed by atoms with van der Waals surface area (Å²) in [4.78, 5) is 5.15. The standard InChI is InChI=1S/C23H43N3O5/c1-7-19(27)25(20(28)8-2)14-17-11-16(13-24(5)6)12-18(23(17)31)15-26(21(29)9-3)22(30)10-4/h11-12,19-22,27-31H,7-10,13-15H2,1-6H3. The fourth-order valence-corrected chi connectivity index (χ4v) is 3.68. The Balaban J connectivity index is 3.41. The van der Waals surface area contributed by atoms with Gasteiger partial charge in [0.05, 0.1) is 0 Å². The monoisotopic (exact) mass is 441 g/mol. The van der Waals surface area contributed by atoms with E-state index in [9.17, 15) is 25.5 Å². The summed E-state index contributed by atoms with van der Waals surface area (Å²) in [7, 11) is 3.91. The first-order chi connectivity index (χ1) is 14.6. The minimum absolute atomic E-state index is 0.0516. The minimum Gasteiger partial charge on any atom is -0.507 e. The lowest BCUT2D eigenvalue weighted by atomic mass is 10.0. The Kier molecular flexibility index (Phi) is 11.9. The molecule has 0 fully saturated rings.